The van der Waals surface area contributed by atoms with Gasteiger partial charge in [0.25, 0.3) is 5.79 Å². The molecule has 0 spiro atoms. The van der Waals surface area contributed by atoms with Crippen LogP contribution in [0.25, 0.3) is 0 Å². The van der Waals surface area contributed by atoms with Gasteiger partial charge in [0.15, 0.2) is 22.9 Å². The molecule has 30 heavy (non-hydrogen) atoms. The van der Waals surface area contributed by atoms with Crippen LogP contribution in [0.1, 0.15) is 29.8 Å². The van der Waals surface area contributed by atoms with Crippen LogP contribution in [0.4, 0.5) is 5.69 Å². The van der Waals surface area contributed by atoms with Crippen molar-refractivity contribution in [3.63, 3.8) is 0 Å². The number of benzene rings is 2. The van der Waals surface area contributed by atoms with E-state index in [-0.39, 0.29) is 11.4 Å². The maximum Gasteiger partial charge on any atom is 0.350 e. The molecule has 8 heteroatoms. The Morgan fingerprint density at radius 1 is 0.967 bits per heavy atom. The summed E-state index contributed by atoms with van der Waals surface area (Å²) in [5.41, 5.74) is 0.789. The van der Waals surface area contributed by atoms with Crippen molar-refractivity contribution < 1.29 is 33.3 Å². The summed E-state index contributed by atoms with van der Waals surface area (Å²) in [6, 6.07) is 11.9. The van der Waals surface area contributed by atoms with Crippen LogP contribution < -0.4 is 14.8 Å². The molecule has 0 bridgehead atoms. The smallest absolute Gasteiger partial charge is 0.350 e. The Labute approximate surface area is 172 Å². The summed E-state index contributed by atoms with van der Waals surface area (Å²) in [6.45, 7) is 3.67. The fourth-order valence-electron chi connectivity index (χ4n) is 3.07. The van der Waals surface area contributed by atoms with E-state index < -0.39 is 17.7 Å². The minimum absolute atomic E-state index is 0.261. The standard InChI is InChI=1S/C22H19NO7/c1-22(2)29-20(25)15(21(26)30-22)12-23-16-11-18-17(27-8-9-28-18)10-14(16)19(24)13-6-4-3-5-7-13/h3-7,10-12,23H,8-9H2,1-2H3. The normalized spacial score (nSPS) is 16.9. The van der Waals surface area contributed by atoms with Crippen LogP contribution in [0.15, 0.2) is 54.2 Å². The molecule has 0 amide bonds. The third-order valence-electron chi connectivity index (χ3n) is 4.45. The highest BCUT2D eigenvalue weighted by Gasteiger charge is 2.39. The van der Waals surface area contributed by atoms with E-state index in [0.29, 0.717) is 41.5 Å². The molecule has 2 aliphatic heterocycles. The van der Waals surface area contributed by atoms with Crippen molar-refractivity contribution in [3.8, 4) is 11.5 Å². The number of fused-ring (bicyclic) bond motifs is 1. The maximum absolute atomic E-state index is 13.1. The highest BCUT2D eigenvalue weighted by Crippen LogP contribution is 2.37. The zero-order valence-corrected chi connectivity index (χ0v) is 16.4. The zero-order valence-electron chi connectivity index (χ0n) is 16.4. The number of cyclic esters (lactones) is 2. The number of carbonyl (C=O) groups excluding carboxylic acids is 3. The van der Waals surface area contributed by atoms with Crippen LogP contribution in [0, 0.1) is 0 Å². The van der Waals surface area contributed by atoms with Gasteiger partial charge in [-0.05, 0) is 6.07 Å². The molecule has 2 aromatic rings. The Kier molecular flexibility index (Phi) is 4.91. The number of esters is 2. The quantitative estimate of drug-likeness (QED) is 0.356. The van der Waals surface area contributed by atoms with E-state index in [0.717, 1.165) is 6.20 Å². The van der Waals surface area contributed by atoms with Gasteiger partial charge in [-0.25, -0.2) is 9.59 Å². The molecule has 0 saturated carbocycles. The molecule has 1 saturated heterocycles. The Morgan fingerprint density at radius 3 is 2.20 bits per heavy atom. The summed E-state index contributed by atoms with van der Waals surface area (Å²) < 4.78 is 21.3. The molecular weight excluding hydrogens is 390 g/mol. The number of hydrogen-bond acceptors (Lipinski definition) is 8. The molecule has 4 rings (SSSR count). The summed E-state index contributed by atoms with van der Waals surface area (Å²) in [5.74, 6) is -2.35. The van der Waals surface area contributed by atoms with Crippen molar-refractivity contribution in [2.75, 3.05) is 18.5 Å². The molecule has 1 fully saturated rings. The topological polar surface area (TPSA) is 100 Å². The number of rotatable bonds is 4. The van der Waals surface area contributed by atoms with E-state index in [1.807, 2.05) is 6.07 Å². The molecule has 2 aliphatic rings. The van der Waals surface area contributed by atoms with Gasteiger partial charge in [0, 0.05) is 37.2 Å². The summed E-state index contributed by atoms with van der Waals surface area (Å²) in [7, 11) is 0. The second-order valence-corrected chi connectivity index (χ2v) is 7.12. The molecule has 8 nitrogen and oxygen atoms in total. The van der Waals surface area contributed by atoms with Gasteiger partial charge in [-0.3, -0.25) is 4.79 Å². The van der Waals surface area contributed by atoms with Crippen LogP contribution in [0.2, 0.25) is 0 Å². The largest absolute Gasteiger partial charge is 0.486 e. The number of hydrogen-bond donors (Lipinski definition) is 1. The van der Waals surface area contributed by atoms with Gasteiger partial charge in [0.05, 0.1) is 5.69 Å². The van der Waals surface area contributed by atoms with Gasteiger partial charge in [-0.1, -0.05) is 30.3 Å². The fraction of sp³-hybridized carbons (Fsp3) is 0.227. The molecule has 154 valence electrons. The molecule has 0 aromatic heterocycles. The SMILES string of the molecule is CC1(C)OC(=O)C(=CNc2cc3c(cc2C(=O)c2ccccc2)OCCO3)C(=O)O1. The van der Waals surface area contributed by atoms with Crippen molar-refractivity contribution in [1.29, 1.82) is 0 Å². The molecular formula is C22H19NO7. The number of ether oxygens (including phenoxy) is 4. The van der Waals surface area contributed by atoms with E-state index in [4.69, 9.17) is 18.9 Å². The molecule has 0 radical (unpaired) electrons. The summed E-state index contributed by atoms with van der Waals surface area (Å²) in [4.78, 5) is 37.4. The summed E-state index contributed by atoms with van der Waals surface area (Å²) in [6.07, 6.45) is 1.16. The molecule has 0 atom stereocenters. The molecule has 0 unspecified atom stereocenters. The lowest BCUT2D eigenvalue weighted by atomic mass is 10.0. The van der Waals surface area contributed by atoms with Crippen LogP contribution in [0.3, 0.4) is 0 Å². The van der Waals surface area contributed by atoms with E-state index in [9.17, 15) is 14.4 Å². The van der Waals surface area contributed by atoms with Crippen molar-refractivity contribution in [2.24, 2.45) is 0 Å². The first-order valence-electron chi connectivity index (χ1n) is 9.31. The number of anilines is 1. The lowest BCUT2D eigenvalue weighted by Gasteiger charge is -2.29. The monoisotopic (exact) mass is 409 g/mol. The fourth-order valence-corrected chi connectivity index (χ4v) is 3.07. The first-order chi connectivity index (χ1) is 14.3. The van der Waals surface area contributed by atoms with Crippen molar-refractivity contribution in [2.45, 2.75) is 19.6 Å². The van der Waals surface area contributed by atoms with E-state index in [2.05, 4.69) is 5.32 Å². The molecule has 2 heterocycles. The number of carbonyl (C=O) groups is 3. The average Bonchev–Trinajstić information content (AvgIpc) is 2.72. The van der Waals surface area contributed by atoms with Crippen LogP contribution >= 0.6 is 0 Å². The van der Waals surface area contributed by atoms with Crippen LogP contribution in [0.5, 0.6) is 11.5 Å². The Morgan fingerprint density at radius 2 is 1.57 bits per heavy atom. The van der Waals surface area contributed by atoms with Crippen molar-refractivity contribution >= 4 is 23.4 Å². The first-order valence-corrected chi connectivity index (χ1v) is 9.31. The van der Waals surface area contributed by atoms with E-state index >= 15 is 0 Å². The molecule has 1 N–H and O–H groups in total. The highest BCUT2D eigenvalue weighted by atomic mass is 16.7. The van der Waals surface area contributed by atoms with E-state index in [1.54, 1.807) is 36.4 Å². The van der Waals surface area contributed by atoms with Gasteiger partial charge in [0.1, 0.15) is 13.2 Å². The number of ketones is 1. The summed E-state index contributed by atoms with van der Waals surface area (Å²) in [5, 5.41) is 2.85. The lowest BCUT2D eigenvalue weighted by molar-refractivity contribution is -0.222. The molecule has 2 aromatic carbocycles. The van der Waals surface area contributed by atoms with Crippen LogP contribution in [-0.2, 0) is 19.1 Å². The minimum atomic E-state index is -1.34. The number of nitrogens with one attached hydrogen (secondary N) is 1. The minimum Gasteiger partial charge on any atom is -0.486 e. The second kappa shape index (κ2) is 7.55. The van der Waals surface area contributed by atoms with Crippen molar-refractivity contribution in [3.05, 3.63) is 65.4 Å². The highest BCUT2D eigenvalue weighted by molar-refractivity contribution is 6.16. The van der Waals surface area contributed by atoms with Gasteiger partial charge >= 0.3 is 11.9 Å². The third kappa shape index (κ3) is 3.84. The Bertz CT molecular complexity index is 1030. The third-order valence-corrected chi connectivity index (χ3v) is 4.45. The summed E-state index contributed by atoms with van der Waals surface area (Å²) >= 11 is 0. The van der Waals surface area contributed by atoms with Crippen LogP contribution in [-0.4, -0.2) is 36.7 Å². The predicted molar refractivity (Wildman–Crippen MR) is 105 cm³/mol. The maximum atomic E-state index is 13.1. The lowest BCUT2D eigenvalue weighted by Crippen LogP contribution is -2.42. The first kappa shape index (κ1) is 19.5. The Balaban J connectivity index is 1.71. The van der Waals surface area contributed by atoms with Gasteiger partial charge in [-0.2, -0.15) is 0 Å². The van der Waals surface area contributed by atoms with Gasteiger partial charge in [-0.15, -0.1) is 0 Å². The second-order valence-electron chi connectivity index (χ2n) is 7.12. The van der Waals surface area contributed by atoms with E-state index in [1.165, 1.54) is 13.8 Å². The molecule has 0 aliphatic carbocycles. The average molecular weight is 409 g/mol. The van der Waals surface area contributed by atoms with Crippen molar-refractivity contribution in [1.82, 2.24) is 0 Å². The zero-order chi connectivity index (χ0) is 21.3. The van der Waals surface area contributed by atoms with Gasteiger partial charge in [0.2, 0.25) is 0 Å². The predicted octanol–water partition coefficient (Wildman–Crippen LogP) is 2.82. The van der Waals surface area contributed by atoms with Gasteiger partial charge < -0.3 is 24.3 Å². The Hall–Kier alpha value is -3.81.